The van der Waals surface area contributed by atoms with E-state index >= 15 is 0 Å². The second-order valence-electron chi connectivity index (χ2n) is 3.66. The van der Waals surface area contributed by atoms with Gasteiger partial charge < -0.3 is 9.47 Å². The summed E-state index contributed by atoms with van der Waals surface area (Å²) >= 11 is 1.80. The van der Waals surface area contributed by atoms with E-state index in [0.29, 0.717) is 12.2 Å². The number of aryl methyl sites for hydroxylation is 1. The van der Waals surface area contributed by atoms with Gasteiger partial charge in [-0.15, -0.1) is 0 Å². The molecule has 1 rings (SSSR count). The average molecular weight is 254 g/mol. The van der Waals surface area contributed by atoms with Gasteiger partial charge in [0.25, 0.3) is 0 Å². The molecule has 3 nitrogen and oxygen atoms in total. The smallest absolute Gasteiger partial charge is 0.338 e. The van der Waals surface area contributed by atoms with Crippen LogP contribution in [-0.4, -0.2) is 31.7 Å². The number of hydrogen-bond acceptors (Lipinski definition) is 4. The Balaban J connectivity index is 2.65. The summed E-state index contributed by atoms with van der Waals surface area (Å²) in [5, 5.41) is 0. The van der Waals surface area contributed by atoms with Crippen LogP contribution in [0.1, 0.15) is 22.3 Å². The quantitative estimate of drug-likeness (QED) is 0.577. The standard InChI is InChI=1S/C13H18O3S/c1-10-5-6-11(16-7-4-8-17-3)9-12(10)13(14)15-2/h5-6,9H,4,7-8H2,1-3H3. The number of benzene rings is 1. The van der Waals surface area contributed by atoms with Crippen LogP contribution in [0.15, 0.2) is 18.2 Å². The molecule has 0 heterocycles. The van der Waals surface area contributed by atoms with Crippen LogP contribution in [-0.2, 0) is 4.74 Å². The molecule has 1 aromatic carbocycles. The molecule has 4 heteroatoms. The second-order valence-corrected chi connectivity index (χ2v) is 4.65. The summed E-state index contributed by atoms with van der Waals surface area (Å²) in [6, 6.07) is 5.48. The molecule has 0 amide bonds. The molecule has 94 valence electrons. The van der Waals surface area contributed by atoms with Gasteiger partial charge in [-0.05, 0) is 43.0 Å². The van der Waals surface area contributed by atoms with Crippen LogP contribution in [0.4, 0.5) is 0 Å². The summed E-state index contributed by atoms with van der Waals surface area (Å²) in [5.74, 6) is 1.48. The van der Waals surface area contributed by atoms with Crippen LogP contribution < -0.4 is 4.74 Å². The van der Waals surface area contributed by atoms with E-state index in [4.69, 9.17) is 9.47 Å². The van der Waals surface area contributed by atoms with E-state index in [-0.39, 0.29) is 5.97 Å². The number of ether oxygens (including phenoxy) is 2. The van der Waals surface area contributed by atoms with Gasteiger partial charge in [-0.1, -0.05) is 6.07 Å². The van der Waals surface area contributed by atoms with Crippen LogP contribution in [0, 0.1) is 6.92 Å². The molecule has 0 bridgehead atoms. The lowest BCUT2D eigenvalue weighted by Gasteiger charge is -2.09. The zero-order valence-corrected chi connectivity index (χ0v) is 11.3. The molecule has 0 aliphatic rings. The molecular weight excluding hydrogens is 236 g/mol. The summed E-state index contributed by atoms with van der Waals surface area (Å²) < 4.78 is 10.3. The average Bonchev–Trinajstić information content (AvgIpc) is 2.35. The first-order valence-corrected chi connectivity index (χ1v) is 6.89. The van der Waals surface area contributed by atoms with Crippen molar-refractivity contribution in [2.75, 3.05) is 25.7 Å². The van der Waals surface area contributed by atoms with Crippen molar-refractivity contribution in [1.82, 2.24) is 0 Å². The molecule has 0 aromatic heterocycles. The van der Waals surface area contributed by atoms with Gasteiger partial charge in [0.05, 0.1) is 19.3 Å². The van der Waals surface area contributed by atoms with Crippen LogP contribution in [0.2, 0.25) is 0 Å². The zero-order valence-electron chi connectivity index (χ0n) is 10.5. The van der Waals surface area contributed by atoms with Crippen molar-refractivity contribution in [3.8, 4) is 5.75 Å². The predicted molar refractivity (Wildman–Crippen MR) is 71.0 cm³/mol. The van der Waals surface area contributed by atoms with Crippen molar-refractivity contribution in [3.05, 3.63) is 29.3 Å². The van der Waals surface area contributed by atoms with Gasteiger partial charge in [-0.2, -0.15) is 11.8 Å². The van der Waals surface area contributed by atoms with Crippen molar-refractivity contribution in [1.29, 1.82) is 0 Å². The largest absolute Gasteiger partial charge is 0.494 e. The lowest BCUT2D eigenvalue weighted by molar-refractivity contribution is 0.0599. The lowest BCUT2D eigenvalue weighted by atomic mass is 10.1. The van der Waals surface area contributed by atoms with Crippen molar-refractivity contribution in [2.45, 2.75) is 13.3 Å². The lowest BCUT2D eigenvalue weighted by Crippen LogP contribution is -2.05. The van der Waals surface area contributed by atoms with Gasteiger partial charge in [0.2, 0.25) is 0 Å². The molecule has 0 aliphatic heterocycles. The van der Waals surface area contributed by atoms with E-state index in [1.54, 1.807) is 17.8 Å². The van der Waals surface area contributed by atoms with E-state index in [0.717, 1.165) is 23.5 Å². The normalized spacial score (nSPS) is 10.1. The number of methoxy groups -OCH3 is 1. The first-order chi connectivity index (χ1) is 8.19. The van der Waals surface area contributed by atoms with E-state index in [9.17, 15) is 4.79 Å². The molecule has 0 aliphatic carbocycles. The minimum Gasteiger partial charge on any atom is -0.494 e. The Hall–Kier alpha value is -1.16. The van der Waals surface area contributed by atoms with Crippen molar-refractivity contribution >= 4 is 17.7 Å². The number of carbonyl (C=O) groups excluding carboxylic acids is 1. The maximum absolute atomic E-state index is 11.5. The number of hydrogen-bond donors (Lipinski definition) is 0. The molecule has 0 unspecified atom stereocenters. The predicted octanol–water partition coefficient (Wildman–Crippen LogP) is 2.91. The van der Waals surface area contributed by atoms with Crippen molar-refractivity contribution < 1.29 is 14.3 Å². The molecule has 0 spiro atoms. The van der Waals surface area contributed by atoms with E-state index in [1.165, 1.54) is 7.11 Å². The van der Waals surface area contributed by atoms with Gasteiger partial charge in [0.1, 0.15) is 5.75 Å². The third-order valence-electron chi connectivity index (χ3n) is 2.38. The van der Waals surface area contributed by atoms with Gasteiger partial charge in [0.15, 0.2) is 0 Å². The summed E-state index contributed by atoms with van der Waals surface area (Å²) in [6.07, 6.45) is 3.07. The summed E-state index contributed by atoms with van der Waals surface area (Å²) in [7, 11) is 1.38. The third-order valence-corrected chi connectivity index (χ3v) is 3.07. The maximum Gasteiger partial charge on any atom is 0.338 e. The zero-order chi connectivity index (χ0) is 12.7. The summed E-state index contributed by atoms with van der Waals surface area (Å²) in [5.41, 5.74) is 1.46. The molecule has 1 aromatic rings. The van der Waals surface area contributed by atoms with Gasteiger partial charge in [0, 0.05) is 0 Å². The SMILES string of the molecule is COC(=O)c1cc(OCCCSC)ccc1C. The number of esters is 1. The van der Waals surface area contributed by atoms with E-state index in [1.807, 2.05) is 19.1 Å². The Morgan fingerprint density at radius 1 is 1.41 bits per heavy atom. The molecular formula is C13H18O3S. The number of thioether (sulfide) groups is 1. The molecule has 0 saturated heterocycles. The summed E-state index contributed by atoms with van der Waals surface area (Å²) in [4.78, 5) is 11.5. The molecule has 0 atom stereocenters. The van der Waals surface area contributed by atoms with Gasteiger partial charge in [-0.3, -0.25) is 0 Å². The number of rotatable bonds is 6. The van der Waals surface area contributed by atoms with Gasteiger partial charge in [-0.25, -0.2) is 4.79 Å². The minimum absolute atomic E-state index is 0.322. The summed E-state index contributed by atoms with van der Waals surface area (Å²) in [6.45, 7) is 2.55. The second kappa shape index (κ2) is 7.22. The third kappa shape index (κ3) is 4.30. The highest BCUT2D eigenvalue weighted by atomic mass is 32.2. The molecule has 0 fully saturated rings. The highest BCUT2D eigenvalue weighted by Gasteiger charge is 2.10. The van der Waals surface area contributed by atoms with Crippen LogP contribution in [0.5, 0.6) is 5.75 Å². The Morgan fingerprint density at radius 2 is 2.18 bits per heavy atom. The van der Waals surface area contributed by atoms with Crippen molar-refractivity contribution in [2.24, 2.45) is 0 Å². The van der Waals surface area contributed by atoms with E-state index < -0.39 is 0 Å². The fourth-order valence-corrected chi connectivity index (χ4v) is 1.82. The minimum atomic E-state index is -0.322. The van der Waals surface area contributed by atoms with Crippen LogP contribution >= 0.6 is 11.8 Å². The molecule has 0 saturated carbocycles. The maximum atomic E-state index is 11.5. The molecule has 0 N–H and O–H groups in total. The fourth-order valence-electron chi connectivity index (χ4n) is 1.41. The van der Waals surface area contributed by atoms with Crippen LogP contribution in [0.3, 0.4) is 0 Å². The first-order valence-electron chi connectivity index (χ1n) is 5.49. The molecule has 17 heavy (non-hydrogen) atoms. The first kappa shape index (κ1) is 13.9. The Morgan fingerprint density at radius 3 is 2.82 bits per heavy atom. The van der Waals surface area contributed by atoms with Crippen molar-refractivity contribution in [3.63, 3.8) is 0 Å². The number of carbonyl (C=O) groups is 1. The Kier molecular flexibility index (Phi) is 5.91. The fraction of sp³-hybridized carbons (Fsp3) is 0.462. The monoisotopic (exact) mass is 254 g/mol. The Labute approximate surface area is 106 Å². The Bertz CT molecular complexity index is 377. The highest BCUT2D eigenvalue weighted by molar-refractivity contribution is 7.98. The molecule has 0 radical (unpaired) electrons. The van der Waals surface area contributed by atoms with Crippen LogP contribution in [0.25, 0.3) is 0 Å². The topological polar surface area (TPSA) is 35.5 Å². The van der Waals surface area contributed by atoms with Gasteiger partial charge >= 0.3 is 5.97 Å². The van der Waals surface area contributed by atoms with E-state index in [2.05, 4.69) is 6.26 Å². The highest BCUT2D eigenvalue weighted by Crippen LogP contribution is 2.18.